The first-order chi connectivity index (χ1) is 9.43. The molecule has 0 saturated carbocycles. The van der Waals surface area contributed by atoms with E-state index in [1.54, 1.807) is 0 Å². The third-order valence-electron chi connectivity index (χ3n) is 3.52. The van der Waals surface area contributed by atoms with E-state index in [0.29, 0.717) is 4.75 Å². The van der Waals surface area contributed by atoms with Crippen molar-refractivity contribution in [3.8, 4) is 0 Å². The number of thioether (sulfide) groups is 1. The molecular formula is C14H20BrN3OS. The summed E-state index contributed by atoms with van der Waals surface area (Å²) >= 11 is 5.50. The predicted molar refractivity (Wildman–Crippen MR) is 90.0 cm³/mol. The zero-order valence-electron chi connectivity index (χ0n) is 11.8. The van der Waals surface area contributed by atoms with E-state index in [1.807, 2.05) is 30.0 Å². The molecule has 1 aromatic carbocycles. The number of halogens is 1. The molecule has 1 aliphatic heterocycles. The van der Waals surface area contributed by atoms with Gasteiger partial charge in [0.15, 0.2) is 5.84 Å². The van der Waals surface area contributed by atoms with Gasteiger partial charge in [0, 0.05) is 39.3 Å². The zero-order chi connectivity index (χ0) is 14.8. The summed E-state index contributed by atoms with van der Waals surface area (Å²) in [6, 6.07) is 5.83. The maximum Gasteiger partial charge on any atom is 0.172 e. The first kappa shape index (κ1) is 15.5. The Kier molecular flexibility index (Phi) is 4.86. The Balaban J connectivity index is 2.34. The Hall–Kier alpha value is -0.880. The molecule has 110 valence electrons. The summed E-state index contributed by atoms with van der Waals surface area (Å²) in [6.45, 7) is 6.51. The molecule has 0 aliphatic carbocycles. The number of rotatable bonds is 2. The van der Waals surface area contributed by atoms with Crippen LogP contribution in [-0.2, 0) is 0 Å². The van der Waals surface area contributed by atoms with Crippen molar-refractivity contribution >= 4 is 39.2 Å². The molecule has 20 heavy (non-hydrogen) atoms. The molecule has 6 heteroatoms. The number of nitrogens with two attached hydrogens (primary N) is 1. The van der Waals surface area contributed by atoms with Gasteiger partial charge in [0.2, 0.25) is 0 Å². The van der Waals surface area contributed by atoms with Crippen LogP contribution in [0.25, 0.3) is 0 Å². The van der Waals surface area contributed by atoms with Crippen molar-refractivity contribution in [3.05, 3.63) is 28.2 Å². The minimum absolute atomic E-state index is 0.156. The second-order valence-electron chi connectivity index (χ2n) is 5.49. The highest BCUT2D eigenvalue weighted by Gasteiger charge is 2.25. The van der Waals surface area contributed by atoms with Crippen molar-refractivity contribution in [3.63, 3.8) is 0 Å². The summed E-state index contributed by atoms with van der Waals surface area (Å²) in [5.41, 5.74) is 7.60. The van der Waals surface area contributed by atoms with Crippen LogP contribution in [0, 0.1) is 0 Å². The van der Waals surface area contributed by atoms with Crippen molar-refractivity contribution in [2.45, 2.75) is 25.0 Å². The maximum absolute atomic E-state index is 8.95. The molecule has 0 unspecified atom stereocenters. The zero-order valence-corrected chi connectivity index (χ0v) is 14.2. The summed E-state index contributed by atoms with van der Waals surface area (Å²) in [4.78, 5) is 2.32. The van der Waals surface area contributed by atoms with Crippen molar-refractivity contribution < 1.29 is 5.21 Å². The van der Waals surface area contributed by atoms with Crippen molar-refractivity contribution in [2.24, 2.45) is 10.9 Å². The van der Waals surface area contributed by atoms with E-state index < -0.39 is 0 Å². The van der Waals surface area contributed by atoms with E-state index in [9.17, 15) is 0 Å². The lowest BCUT2D eigenvalue weighted by Crippen LogP contribution is -2.29. The predicted octanol–water partition coefficient (Wildman–Crippen LogP) is 3.27. The molecule has 1 aliphatic rings. The van der Waals surface area contributed by atoms with E-state index in [4.69, 9.17) is 10.9 Å². The third kappa shape index (κ3) is 3.61. The van der Waals surface area contributed by atoms with Gasteiger partial charge < -0.3 is 15.8 Å². The summed E-state index contributed by atoms with van der Waals surface area (Å²) in [5, 5.41) is 12.1. The molecule has 0 bridgehead atoms. The third-order valence-corrected chi connectivity index (χ3v) is 5.39. The monoisotopic (exact) mass is 357 g/mol. The lowest BCUT2D eigenvalue weighted by Gasteiger charge is -2.26. The number of nitrogens with zero attached hydrogens (tertiary/aromatic N) is 2. The van der Waals surface area contributed by atoms with Crippen LogP contribution in [0.1, 0.15) is 25.8 Å². The fraction of sp³-hybridized carbons (Fsp3) is 0.500. The minimum Gasteiger partial charge on any atom is -0.409 e. The molecule has 1 heterocycles. The number of hydrogen-bond acceptors (Lipinski definition) is 4. The highest BCUT2D eigenvalue weighted by molar-refractivity contribution is 9.10. The van der Waals surface area contributed by atoms with Crippen molar-refractivity contribution in [1.29, 1.82) is 0 Å². The highest BCUT2D eigenvalue weighted by Crippen LogP contribution is 2.34. The van der Waals surface area contributed by atoms with Crippen molar-refractivity contribution in [2.75, 3.05) is 23.7 Å². The second kappa shape index (κ2) is 6.26. The average Bonchev–Trinajstić information content (AvgIpc) is 2.58. The molecule has 3 N–H and O–H groups in total. The molecule has 0 spiro atoms. The molecule has 0 aromatic heterocycles. The second-order valence-corrected chi connectivity index (χ2v) is 8.21. The summed E-state index contributed by atoms with van der Waals surface area (Å²) < 4.78 is 1.30. The van der Waals surface area contributed by atoms with Crippen LogP contribution in [0.4, 0.5) is 5.69 Å². The Labute approximate surface area is 132 Å². The van der Waals surface area contributed by atoms with Gasteiger partial charge in [-0.05, 0) is 24.6 Å². The van der Waals surface area contributed by atoms with Gasteiger partial charge in [-0.1, -0.05) is 34.9 Å². The summed E-state index contributed by atoms with van der Waals surface area (Å²) in [7, 11) is 0. The van der Waals surface area contributed by atoms with Gasteiger partial charge in [-0.2, -0.15) is 11.8 Å². The quantitative estimate of drug-likeness (QED) is 0.369. The van der Waals surface area contributed by atoms with Gasteiger partial charge in [0.1, 0.15) is 0 Å². The lowest BCUT2D eigenvalue weighted by atomic mass is 10.1. The number of benzene rings is 1. The smallest absolute Gasteiger partial charge is 0.172 e. The number of amidine groups is 1. The summed E-state index contributed by atoms with van der Waals surface area (Å²) in [5.74, 6) is 1.23. The van der Waals surface area contributed by atoms with Crippen LogP contribution in [0.2, 0.25) is 0 Å². The van der Waals surface area contributed by atoms with E-state index in [0.717, 1.165) is 41.0 Å². The fourth-order valence-corrected chi connectivity index (χ4v) is 3.75. The Morgan fingerprint density at radius 1 is 1.45 bits per heavy atom. The van der Waals surface area contributed by atoms with Crippen molar-refractivity contribution in [1.82, 2.24) is 0 Å². The van der Waals surface area contributed by atoms with Crippen LogP contribution in [0.15, 0.2) is 27.8 Å². The van der Waals surface area contributed by atoms with E-state index in [-0.39, 0.29) is 5.84 Å². The molecule has 0 amide bonds. The largest absolute Gasteiger partial charge is 0.409 e. The maximum atomic E-state index is 8.95. The van der Waals surface area contributed by atoms with Gasteiger partial charge in [0.25, 0.3) is 0 Å². The first-order valence-corrected chi connectivity index (χ1v) is 8.37. The molecule has 1 aromatic rings. The first-order valence-electron chi connectivity index (χ1n) is 6.59. The molecule has 1 fully saturated rings. The molecule has 1 saturated heterocycles. The SMILES string of the molecule is CC1(C)CCN(c2cc(Br)ccc2/C(N)=N/O)CCS1. The van der Waals surface area contributed by atoms with Gasteiger partial charge in [0.05, 0.1) is 0 Å². The number of oxime groups is 1. The van der Waals surface area contributed by atoms with E-state index in [2.05, 4.69) is 39.8 Å². The molecule has 4 nitrogen and oxygen atoms in total. The normalized spacial score (nSPS) is 19.8. The number of hydrogen-bond donors (Lipinski definition) is 2. The topological polar surface area (TPSA) is 61.8 Å². The van der Waals surface area contributed by atoms with Gasteiger partial charge in [-0.3, -0.25) is 0 Å². The highest BCUT2D eigenvalue weighted by atomic mass is 79.9. The Bertz CT molecular complexity index is 519. The van der Waals surface area contributed by atoms with E-state index >= 15 is 0 Å². The standard InChI is InChI=1S/C14H20BrN3OS/c1-14(2)5-6-18(7-8-20-14)12-9-10(15)3-4-11(12)13(16)17-19/h3-4,9,19H,5-8H2,1-2H3,(H2,16,17). The van der Waals surface area contributed by atoms with Crippen LogP contribution >= 0.6 is 27.7 Å². The van der Waals surface area contributed by atoms with Crippen LogP contribution in [-0.4, -0.2) is 34.6 Å². The van der Waals surface area contributed by atoms with E-state index in [1.165, 1.54) is 0 Å². The average molecular weight is 358 g/mol. The van der Waals surface area contributed by atoms with Crippen LogP contribution in [0.5, 0.6) is 0 Å². The molecular weight excluding hydrogens is 338 g/mol. The molecule has 0 radical (unpaired) electrons. The summed E-state index contributed by atoms with van der Waals surface area (Å²) in [6.07, 6.45) is 1.11. The molecule has 0 atom stereocenters. The Morgan fingerprint density at radius 3 is 2.90 bits per heavy atom. The minimum atomic E-state index is 0.156. The fourth-order valence-electron chi connectivity index (χ4n) is 2.30. The molecule has 2 rings (SSSR count). The van der Waals surface area contributed by atoms with Crippen LogP contribution in [0.3, 0.4) is 0 Å². The van der Waals surface area contributed by atoms with Gasteiger partial charge in [-0.15, -0.1) is 0 Å². The Morgan fingerprint density at radius 2 is 2.20 bits per heavy atom. The lowest BCUT2D eigenvalue weighted by molar-refractivity contribution is 0.318. The van der Waals surface area contributed by atoms with Gasteiger partial charge in [-0.25, -0.2) is 0 Å². The van der Waals surface area contributed by atoms with Crippen LogP contribution < -0.4 is 10.6 Å². The van der Waals surface area contributed by atoms with Gasteiger partial charge >= 0.3 is 0 Å². The number of anilines is 1.